The van der Waals surface area contributed by atoms with E-state index in [1.165, 1.54) is 18.2 Å². The second-order valence-electron chi connectivity index (χ2n) is 4.37. The number of para-hydroxylation sites is 2. The highest BCUT2D eigenvalue weighted by Crippen LogP contribution is 2.25. The molecule has 1 rings (SSSR count). The number of aliphatic hydroxyl groups excluding tert-OH is 1. The van der Waals surface area contributed by atoms with Gasteiger partial charge in [-0.15, -0.1) is 0 Å². The lowest BCUT2D eigenvalue weighted by Gasteiger charge is -2.22. The highest BCUT2D eigenvalue weighted by atomic mass is 19.3. The lowest BCUT2D eigenvalue weighted by Crippen LogP contribution is -2.38. The number of hydrogen-bond donors (Lipinski definition) is 2. The molecule has 0 aliphatic rings. The Bertz CT molecular complexity index is 443. The monoisotopic (exact) mass is 288 g/mol. The van der Waals surface area contributed by atoms with Gasteiger partial charge in [-0.25, -0.2) is 0 Å². The number of aliphatic hydroxyl groups is 1. The second-order valence-corrected chi connectivity index (χ2v) is 4.37. The van der Waals surface area contributed by atoms with Crippen molar-refractivity contribution in [3.8, 4) is 5.75 Å². The second kappa shape index (κ2) is 7.76. The molecule has 1 aromatic rings. The summed E-state index contributed by atoms with van der Waals surface area (Å²) in [7, 11) is 1.68. The molecular formula is C13H18F2N2O3. The van der Waals surface area contributed by atoms with E-state index in [-0.39, 0.29) is 36.5 Å². The third kappa shape index (κ3) is 5.10. The molecule has 1 aromatic carbocycles. The third-order valence-electron chi connectivity index (χ3n) is 2.79. The first kappa shape index (κ1) is 16.3. The summed E-state index contributed by atoms with van der Waals surface area (Å²) in [6.07, 6.45) is 0. The largest absolute Gasteiger partial charge is 0.433 e. The van der Waals surface area contributed by atoms with E-state index in [2.05, 4.69) is 10.1 Å². The van der Waals surface area contributed by atoms with Crippen LogP contribution in [0.5, 0.6) is 5.75 Å². The lowest BCUT2D eigenvalue weighted by atomic mass is 10.3. The Labute approximate surface area is 116 Å². The molecule has 0 radical (unpaired) electrons. The molecule has 0 aromatic heterocycles. The number of amides is 1. The molecule has 0 saturated carbocycles. The van der Waals surface area contributed by atoms with E-state index in [1.54, 1.807) is 24.9 Å². The van der Waals surface area contributed by atoms with Crippen LogP contribution in [0.4, 0.5) is 14.5 Å². The summed E-state index contributed by atoms with van der Waals surface area (Å²) in [6, 6.07) is 5.79. The van der Waals surface area contributed by atoms with Gasteiger partial charge in [0, 0.05) is 6.04 Å². The summed E-state index contributed by atoms with van der Waals surface area (Å²) in [4.78, 5) is 13.4. The van der Waals surface area contributed by atoms with Crippen LogP contribution in [0.25, 0.3) is 0 Å². The Kier molecular flexibility index (Phi) is 6.33. The first-order chi connectivity index (χ1) is 9.43. The van der Waals surface area contributed by atoms with Gasteiger partial charge in [0.1, 0.15) is 5.75 Å². The highest BCUT2D eigenvalue weighted by Gasteiger charge is 2.15. The Morgan fingerprint density at radius 2 is 2.10 bits per heavy atom. The number of carbonyl (C=O) groups excluding carboxylic acids is 1. The van der Waals surface area contributed by atoms with Gasteiger partial charge < -0.3 is 15.2 Å². The number of benzene rings is 1. The maximum atomic E-state index is 12.2. The van der Waals surface area contributed by atoms with Crippen LogP contribution in [0, 0.1) is 0 Å². The summed E-state index contributed by atoms with van der Waals surface area (Å²) in [5.74, 6) is -0.466. The molecule has 5 nitrogen and oxygen atoms in total. The van der Waals surface area contributed by atoms with Crippen molar-refractivity contribution < 1.29 is 23.4 Å². The van der Waals surface area contributed by atoms with Crippen molar-refractivity contribution in [1.82, 2.24) is 4.90 Å². The maximum absolute atomic E-state index is 12.2. The average Bonchev–Trinajstić information content (AvgIpc) is 2.39. The quantitative estimate of drug-likeness (QED) is 0.799. The van der Waals surface area contributed by atoms with E-state index in [0.717, 1.165) is 0 Å². The smallest absolute Gasteiger partial charge is 0.387 e. The van der Waals surface area contributed by atoms with E-state index in [4.69, 9.17) is 5.11 Å². The average molecular weight is 288 g/mol. The van der Waals surface area contributed by atoms with Crippen LogP contribution in [0.15, 0.2) is 24.3 Å². The summed E-state index contributed by atoms with van der Waals surface area (Å²) in [6.45, 7) is -1.23. The van der Waals surface area contributed by atoms with E-state index < -0.39 is 6.61 Å². The maximum Gasteiger partial charge on any atom is 0.387 e. The predicted octanol–water partition coefficient (Wildman–Crippen LogP) is 1.54. The molecule has 20 heavy (non-hydrogen) atoms. The number of alkyl halides is 2. The number of ether oxygens (including phenoxy) is 1. The fraction of sp³-hybridized carbons (Fsp3) is 0.462. The van der Waals surface area contributed by atoms with Crippen molar-refractivity contribution in [3.05, 3.63) is 24.3 Å². The highest BCUT2D eigenvalue weighted by molar-refractivity contribution is 5.93. The molecule has 1 amide bonds. The van der Waals surface area contributed by atoms with Gasteiger partial charge in [0.2, 0.25) is 5.91 Å². The zero-order valence-electron chi connectivity index (χ0n) is 11.3. The van der Waals surface area contributed by atoms with Crippen molar-refractivity contribution >= 4 is 11.6 Å². The molecule has 0 fully saturated rings. The molecule has 0 heterocycles. The van der Waals surface area contributed by atoms with Crippen LogP contribution >= 0.6 is 0 Å². The molecular weight excluding hydrogens is 270 g/mol. The Balaban J connectivity index is 2.66. The SMILES string of the molecule is CC(CO)N(C)CC(=O)Nc1ccccc1OC(F)F. The summed E-state index contributed by atoms with van der Waals surface area (Å²) < 4.78 is 28.8. The normalized spacial score (nSPS) is 12.6. The van der Waals surface area contributed by atoms with Crippen LogP contribution < -0.4 is 10.1 Å². The number of anilines is 1. The zero-order valence-corrected chi connectivity index (χ0v) is 11.3. The minimum Gasteiger partial charge on any atom is -0.433 e. The molecule has 1 unspecified atom stereocenters. The lowest BCUT2D eigenvalue weighted by molar-refractivity contribution is -0.117. The van der Waals surface area contributed by atoms with E-state index >= 15 is 0 Å². The van der Waals surface area contributed by atoms with Gasteiger partial charge in [-0.05, 0) is 26.1 Å². The number of nitrogens with one attached hydrogen (secondary N) is 1. The van der Waals surface area contributed by atoms with Crippen LogP contribution in [-0.2, 0) is 4.79 Å². The molecule has 0 bridgehead atoms. The first-order valence-corrected chi connectivity index (χ1v) is 6.08. The van der Waals surface area contributed by atoms with Crippen LogP contribution in [-0.4, -0.2) is 48.8 Å². The van der Waals surface area contributed by atoms with Crippen molar-refractivity contribution in [3.63, 3.8) is 0 Å². The van der Waals surface area contributed by atoms with Crippen molar-refractivity contribution in [2.24, 2.45) is 0 Å². The van der Waals surface area contributed by atoms with E-state index in [9.17, 15) is 13.6 Å². The van der Waals surface area contributed by atoms with Crippen molar-refractivity contribution in [2.45, 2.75) is 19.6 Å². The number of carbonyl (C=O) groups is 1. The Morgan fingerprint density at radius 1 is 1.45 bits per heavy atom. The number of hydrogen-bond acceptors (Lipinski definition) is 4. The topological polar surface area (TPSA) is 61.8 Å². The zero-order chi connectivity index (χ0) is 15.1. The van der Waals surface area contributed by atoms with Crippen molar-refractivity contribution in [1.29, 1.82) is 0 Å². The van der Waals surface area contributed by atoms with Gasteiger partial charge in [0.25, 0.3) is 0 Å². The number of likely N-dealkylation sites (N-methyl/N-ethyl adjacent to an activating group) is 1. The van der Waals surface area contributed by atoms with Gasteiger partial charge >= 0.3 is 6.61 Å². The minimum absolute atomic E-state index is 0.0325. The van der Waals surface area contributed by atoms with Gasteiger partial charge in [0.05, 0.1) is 18.8 Å². The van der Waals surface area contributed by atoms with Crippen LogP contribution in [0.2, 0.25) is 0 Å². The standard InChI is InChI=1S/C13H18F2N2O3/c1-9(8-18)17(2)7-12(19)16-10-5-3-4-6-11(10)20-13(14)15/h3-6,9,13,18H,7-8H2,1-2H3,(H,16,19). The van der Waals surface area contributed by atoms with Gasteiger partial charge in [-0.3, -0.25) is 9.69 Å². The summed E-state index contributed by atoms with van der Waals surface area (Å²) >= 11 is 0. The van der Waals surface area contributed by atoms with Crippen LogP contribution in [0.3, 0.4) is 0 Å². The van der Waals surface area contributed by atoms with E-state index in [1.807, 2.05) is 0 Å². The Morgan fingerprint density at radius 3 is 2.70 bits per heavy atom. The Hall–Kier alpha value is -1.73. The predicted molar refractivity (Wildman–Crippen MR) is 70.9 cm³/mol. The fourth-order valence-electron chi connectivity index (χ4n) is 1.48. The fourth-order valence-corrected chi connectivity index (χ4v) is 1.48. The number of nitrogens with zero attached hydrogens (tertiary/aromatic N) is 1. The third-order valence-corrected chi connectivity index (χ3v) is 2.79. The molecule has 0 saturated heterocycles. The molecule has 0 spiro atoms. The van der Waals surface area contributed by atoms with Gasteiger partial charge in [0.15, 0.2) is 0 Å². The molecule has 2 N–H and O–H groups in total. The molecule has 112 valence electrons. The minimum atomic E-state index is -2.95. The molecule has 0 aliphatic carbocycles. The van der Waals surface area contributed by atoms with Gasteiger partial charge in [-0.2, -0.15) is 8.78 Å². The van der Waals surface area contributed by atoms with Crippen molar-refractivity contribution in [2.75, 3.05) is 25.5 Å². The van der Waals surface area contributed by atoms with Gasteiger partial charge in [-0.1, -0.05) is 12.1 Å². The molecule has 0 aliphatic heterocycles. The first-order valence-electron chi connectivity index (χ1n) is 6.08. The summed E-state index contributed by atoms with van der Waals surface area (Å²) in [5.41, 5.74) is 0.183. The number of halogens is 2. The summed E-state index contributed by atoms with van der Waals surface area (Å²) in [5, 5.41) is 11.5. The van der Waals surface area contributed by atoms with E-state index in [0.29, 0.717) is 0 Å². The number of rotatable bonds is 7. The molecule has 7 heteroatoms. The van der Waals surface area contributed by atoms with Crippen LogP contribution in [0.1, 0.15) is 6.92 Å². The molecule has 1 atom stereocenters.